The van der Waals surface area contributed by atoms with E-state index in [0.29, 0.717) is 50.2 Å². The van der Waals surface area contributed by atoms with Crippen LogP contribution in [0, 0.1) is 29.6 Å². The number of carbonyl (C=O) groups is 1. The smallest absolute Gasteiger partial charge is 0.223 e. The first-order valence-corrected chi connectivity index (χ1v) is 14.7. The summed E-state index contributed by atoms with van der Waals surface area (Å²) < 4.78 is 22.0. The van der Waals surface area contributed by atoms with Gasteiger partial charge in [0.2, 0.25) is 5.91 Å². The molecule has 8 heteroatoms. The van der Waals surface area contributed by atoms with Crippen LogP contribution < -0.4 is 20.5 Å². The molecule has 0 spiro atoms. The van der Waals surface area contributed by atoms with E-state index in [4.69, 9.17) is 24.7 Å². The summed E-state index contributed by atoms with van der Waals surface area (Å²) in [6.45, 7) is 11.8. The molecule has 1 unspecified atom stereocenters. The normalized spacial score (nSPS) is 17.6. The molecule has 4 atom stereocenters. The van der Waals surface area contributed by atoms with Gasteiger partial charge >= 0.3 is 0 Å². The lowest BCUT2D eigenvalue weighted by Gasteiger charge is -2.30. The second kappa shape index (κ2) is 17.7. The Kier molecular flexibility index (Phi) is 15.2. The molecule has 2 rings (SSSR count). The Morgan fingerprint density at radius 1 is 1.08 bits per heavy atom. The SMILES string of the molecule is COCCCOc1cc(C[C@@H](C[C@H](N)[C@@H](O)CC(C(=O)NCC2CCOCC2)C(C)C)C(C)C)ccc1OC. The molecule has 8 nitrogen and oxygen atoms in total. The summed E-state index contributed by atoms with van der Waals surface area (Å²) in [5, 5.41) is 14.2. The summed E-state index contributed by atoms with van der Waals surface area (Å²) in [4.78, 5) is 13.0. The van der Waals surface area contributed by atoms with Gasteiger partial charge in [0.15, 0.2) is 11.5 Å². The van der Waals surface area contributed by atoms with Crippen molar-refractivity contribution in [1.29, 1.82) is 0 Å². The Balaban J connectivity index is 1.97. The van der Waals surface area contributed by atoms with Gasteiger partial charge in [0, 0.05) is 51.9 Å². The van der Waals surface area contributed by atoms with Gasteiger partial charge in [-0.1, -0.05) is 33.8 Å². The predicted molar refractivity (Wildman–Crippen MR) is 155 cm³/mol. The monoisotopic (exact) mass is 550 g/mol. The quantitative estimate of drug-likeness (QED) is 0.235. The number of hydrogen-bond acceptors (Lipinski definition) is 7. The van der Waals surface area contributed by atoms with Gasteiger partial charge < -0.3 is 35.1 Å². The van der Waals surface area contributed by atoms with Gasteiger partial charge in [0.1, 0.15) is 0 Å². The summed E-state index contributed by atoms with van der Waals surface area (Å²) in [5.74, 6) is 2.39. The maximum absolute atomic E-state index is 13.0. The highest BCUT2D eigenvalue weighted by atomic mass is 16.5. The van der Waals surface area contributed by atoms with E-state index in [-0.39, 0.29) is 23.7 Å². The molecule has 0 saturated carbocycles. The summed E-state index contributed by atoms with van der Waals surface area (Å²) in [5.41, 5.74) is 7.71. The zero-order valence-corrected chi connectivity index (χ0v) is 25.1. The predicted octanol–water partition coefficient (Wildman–Crippen LogP) is 4.21. The van der Waals surface area contributed by atoms with Crippen LogP contribution in [0.2, 0.25) is 0 Å². The largest absolute Gasteiger partial charge is 0.493 e. The van der Waals surface area contributed by atoms with Crippen molar-refractivity contribution in [3.63, 3.8) is 0 Å². The van der Waals surface area contributed by atoms with Crippen LogP contribution in [0.1, 0.15) is 65.4 Å². The lowest BCUT2D eigenvalue weighted by Crippen LogP contribution is -2.43. The number of ether oxygens (including phenoxy) is 4. The zero-order valence-electron chi connectivity index (χ0n) is 25.1. The van der Waals surface area contributed by atoms with Gasteiger partial charge in [0.25, 0.3) is 0 Å². The fourth-order valence-corrected chi connectivity index (χ4v) is 5.19. The highest BCUT2D eigenvalue weighted by Gasteiger charge is 2.30. The minimum atomic E-state index is -0.747. The highest BCUT2D eigenvalue weighted by molar-refractivity contribution is 5.78. The molecule has 4 N–H and O–H groups in total. The Labute approximate surface area is 236 Å². The molecule has 39 heavy (non-hydrogen) atoms. The number of methoxy groups -OCH3 is 2. The number of aliphatic hydroxyl groups excluding tert-OH is 1. The van der Waals surface area contributed by atoms with Gasteiger partial charge in [-0.25, -0.2) is 0 Å². The van der Waals surface area contributed by atoms with E-state index in [1.54, 1.807) is 14.2 Å². The third-order valence-corrected chi connectivity index (χ3v) is 8.03. The van der Waals surface area contributed by atoms with E-state index >= 15 is 0 Å². The van der Waals surface area contributed by atoms with Gasteiger partial charge in [-0.3, -0.25) is 4.79 Å². The minimum absolute atomic E-state index is 0.0133. The number of rotatable bonds is 18. The fourth-order valence-electron chi connectivity index (χ4n) is 5.19. The van der Waals surface area contributed by atoms with Crippen LogP contribution in [0.25, 0.3) is 0 Å². The molecule has 1 saturated heterocycles. The highest BCUT2D eigenvalue weighted by Crippen LogP contribution is 2.32. The summed E-state index contributed by atoms with van der Waals surface area (Å²) in [7, 11) is 3.32. The Bertz CT molecular complexity index is 827. The van der Waals surface area contributed by atoms with Crippen molar-refractivity contribution < 1.29 is 28.8 Å². The molecular formula is C31H54N2O6. The third kappa shape index (κ3) is 11.6. The number of benzene rings is 1. The van der Waals surface area contributed by atoms with Crippen LogP contribution in [-0.4, -0.2) is 70.4 Å². The van der Waals surface area contributed by atoms with Gasteiger partial charge in [-0.05, 0) is 73.5 Å². The Morgan fingerprint density at radius 2 is 1.79 bits per heavy atom. The van der Waals surface area contributed by atoms with Crippen molar-refractivity contribution in [2.75, 3.05) is 47.2 Å². The molecule has 1 aromatic carbocycles. The summed E-state index contributed by atoms with van der Waals surface area (Å²) in [6, 6.07) is 5.64. The first-order valence-electron chi connectivity index (χ1n) is 14.7. The van der Waals surface area contributed by atoms with E-state index in [2.05, 4.69) is 25.2 Å². The molecular weight excluding hydrogens is 496 g/mol. The maximum Gasteiger partial charge on any atom is 0.223 e. The third-order valence-electron chi connectivity index (χ3n) is 8.03. The Hall–Kier alpha value is -1.87. The lowest BCUT2D eigenvalue weighted by molar-refractivity contribution is -0.128. The summed E-state index contributed by atoms with van der Waals surface area (Å²) >= 11 is 0. The number of aliphatic hydroxyl groups is 1. The molecule has 224 valence electrons. The maximum atomic E-state index is 13.0. The summed E-state index contributed by atoms with van der Waals surface area (Å²) in [6.07, 6.45) is 3.86. The first kappa shape index (κ1) is 33.3. The number of carbonyl (C=O) groups excluding carboxylic acids is 1. The molecule has 1 heterocycles. The van der Waals surface area contributed by atoms with E-state index < -0.39 is 12.1 Å². The number of amides is 1. The molecule has 1 amide bonds. The van der Waals surface area contributed by atoms with Crippen LogP contribution in [0.3, 0.4) is 0 Å². The molecule has 0 aromatic heterocycles. The van der Waals surface area contributed by atoms with E-state index in [9.17, 15) is 9.90 Å². The van der Waals surface area contributed by atoms with E-state index in [0.717, 1.165) is 50.2 Å². The Morgan fingerprint density at radius 3 is 2.41 bits per heavy atom. The molecule has 1 fully saturated rings. The van der Waals surface area contributed by atoms with Crippen molar-refractivity contribution in [2.45, 2.75) is 78.4 Å². The van der Waals surface area contributed by atoms with Crippen molar-refractivity contribution in [2.24, 2.45) is 35.3 Å². The molecule has 1 aliphatic rings. The van der Waals surface area contributed by atoms with E-state index in [1.807, 2.05) is 26.0 Å². The number of nitrogens with one attached hydrogen (secondary N) is 1. The molecule has 0 bridgehead atoms. The second-order valence-electron chi connectivity index (χ2n) is 11.7. The first-order chi connectivity index (χ1) is 18.7. The van der Waals surface area contributed by atoms with Crippen LogP contribution >= 0.6 is 0 Å². The lowest BCUT2D eigenvalue weighted by atomic mass is 9.80. The fraction of sp³-hybridized carbons (Fsp3) is 0.774. The molecule has 0 radical (unpaired) electrons. The van der Waals surface area contributed by atoms with Gasteiger partial charge in [-0.2, -0.15) is 0 Å². The van der Waals surface area contributed by atoms with Crippen molar-refractivity contribution >= 4 is 5.91 Å². The van der Waals surface area contributed by atoms with E-state index in [1.165, 1.54) is 0 Å². The number of hydrogen-bond donors (Lipinski definition) is 3. The van der Waals surface area contributed by atoms with Gasteiger partial charge in [-0.15, -0.1) is 0 Å². The van der Waals surface area contributed by atoms with Gasteiger partial charge in [0.05, 0.1) is 19.8 Å². The topological polar surface area (TPSA) is 112 Å². The van der Waals surface area contributed by atoms with Crippen molar-refractivity contribution in [3.8, 4) is 11.5 Å². The number of nitrogens with two attached hydrogens (primary N) is 1. The van der Waals surface area contributed by atoms with Crippen LogP contribution in [-0.2, 0) is 20.7 Å². The standard InChI is InChI=1S/C31H54N2O6/c1-21(2)25(16-24-8-9-29(37-6)30(17-24)39-13-7-12-36-5)18-27(32)28(34)19-26(22(3)4)31(35)33-20-23-10-14-38-15-11-23/h8-9,17,21-23,25-28,34H,7,10-16,18-20,32H2,1-6H3,(H,33,35)/t25-,26?,27-,28-/m0/s1. The molecule has 1 aromatic rings. The zero-order chi connectivity index (χ0) is 28.8. The second-order valence-corrected chi connectivity index (χ2v) is 11.7. The van der Waals surface area contributed by atoms with Crippen LogP contribution in [0.5, 0.6) is 11.5 Å². The minimum Gasteiger partial charge on any atom is -0.493 e. The van der Waals surface area contributed by atoms with Crippen LogP contribution in [0.15, 0.2) is 18.2 Å². The molecule has 1 aliphatic heterocycles. The van der Waals surface area contributed by atoms with Crippen molar-refractivity contribution in [1.82, 2.24) is 5.32 Å². The average Bonchev–Trinajstić information content (AvgIpc) is 2.92. The van der Waals surface area contributed by atoms with Crippen molar-refractivity contribution in [3.05, 3.63) is 23.8 Å². The van der Waals surface area contributed by atoms with Crippen LogP contribution in [0.4, 0.5) is 0 Å². The average molecular weight is 551 g/mol. The molecule has 0 aliphatic carbocycles.